The van der Waals surface area contributed by atoms with Crippen molar-refractivity contribution in [3.63, 3.8) is 0 Å². The zero-order valence-corrected chi connectivity index (χ0v) is 7.23. The molecule has 0 radical (unpaired) electrons. The fourth-order valence-electron chi connectivity index (χ4n) is 1.52. The molecule has 0 atom stereocenters. The van der Waals surface area contributed by atoms with Gasteiger partial charge in [0.25, 0.3) is 5.09 Å². The standard InChI is InChI=1S/C7H14N2O3/c1-8-5-7(6-8)3-2-4-12-9(10)11/h7H,2-6H2,1H3. The van der Waals surface area contributed by atoms with Crippen LogP contribution in [-0.4, -0.2) is 36.7 Å². The number of hydrogen-bond acceptors (Lipinski definition) is 4. The lowest BCUT2D eigenvalue weighted by molar-refractivity contribution is -0.757. The third kappa shape index (κ3) is 3.04. The summed E-state index contributed by atoms with van der Waals surface area (Å²) in [5.41, 5.74) is 0. The van der Waals surface area contributed by atoms with Crippen molar-refractivity contribution in [3.05, 3.63) is 10.1 Å². The predicted octanol–water partition coefficient (Wildman–Crippen LogP) is 0.537. The topological polar surface area (TPSA) is 55.6 Å². The minimum atomic E-state index is -0.729. The van der Waals surface area contributed by atoms with Gasteiger partial charge in [-0.3, -0.25) is 0 Å². The lowest BCUT2D eigenvalue weighted by Crippen LogP contribution is -2.43. The lowest BCUT2D eigenvalue weighted by atomic mass is 9.96. The molecular formula is C7H14N2O3. The second kappa shape index (κ2) is 4.25. The van der Waals surface area contributed by atoms with Crippen LogP contribution in [0.25, 0.3) is 0 Å². The Kier molecular flexibility index (Phi) is 3.28. The van der Waals surface area contributed by atoms with E-state index in [-0.39, 0.29) is 6.61 Å². The molecule has 0 bridgehead atoms. The lowest BCUT2D eigenvalue weighted by Gasteiger charge is -2.36. The molecule has 5 nitrogen and oxygen atoms in total. The fourth-order valence-corrected chi connectivity index (χ4v) is 1.52. The second-order valence-electron chi connectivity index (χ2n) is 3.29. The molecule has 70 valence electrons. The third-order valence-electron chi connectivity index (χ3n) is 2.09. The molecule has 0 aromatic heterocycles. The van der Waals surface area contributed by atoms with Gasteiger partial charge in [0.1, 0.15) is 0 Å². The summed E-state index contributed by atoms with van der Waals surface area (Å²) in [5.74, 6) is 0.727. The smallest absolute Gasteiger partial charge is 0.294 e. The van der Waals surface area contributed by atoms with Crippen LogP contribution in [-0.2, 0) is 4.84 Å². The van der Waals surface area contributed by atoms with Crippen molar-refractivity contribution in [2.24, 2.45) is 5.92 Å². The Balaban J connectivity index is 1.87. The number of nitrogens with zero attached hydrogens (tertiary/aromatic N) is 2. The molecule has 1 saturated heterocycles. The Morgan fingerprint density at radius 2 is 2.33 bits per heavy atom. The Hall–Kier alpha value is -0.840. The summed E-state index contributed by atoms with van der Waals surface area (Å²) in [6.45, 7) is 2.49. The van der Waals surface area contributed by atoms with Crippen molar-refractivity contribution in [3.8, 4) is 0 Å². The fraction of sp³-hybridized carbons (Fsp3) is 1.00. The highest BCUT2D eigenvalue weighted by Gasteiger charge is 2.22. The van der Waals surface area contributed by atoms with Gasteiger partial charge in [-0.25, -0.2) is 0 Å². The van der Waals surface area contributed by atoms with E-state index < -0.39 is 5.09 Å². The summed E-state index contributed by atoms with van der Waals surface area (Å²) in [4.78, 5) is 16.2. The molecule has 0 spiro atoms. The van der Waals surface area contributed by atoms with E-state index in [4.69, 9.17) is 0 Å². The van der Waals surface area contributed by atoms with E-state index in [9.17, 15) is 10.1 Å². The van der Waals surface area contributed by atoms with Crippen LogP contribution in [0, 0.1) is 16.0 Å². The van der Waals surface area contributed by atoms with Gasteiger partial charge in [-0.05, 0) is 25.8 Å². The Morgan fingerprint density at radius 1 is 1.67 bits per heavy atom. The third-order valence-corrected chi connectivity index (χ3v) is 2.09. The van der Waals surface area contributed by atoms with Crippen molar-refractivity contribution >= 4 is 0 Å². The molecule has 0 amide bonds. The largest absolute Gasteiger partial charge is 0.314 e. The van der Waals surface area contributed by atoms with Crippen molar-refractivity contribution in [2.45, 2.75) is 12.8 Å². The molecule has 1 aliphatic rings. The van der Waals surface area contributed by atoms with Gasteiger partial charge >= 0.3 is 0 Å². The van der Waals surface area contributed by atoms with Gasteiger partial charge in [-0.1, -0.05) is 0 Å². The van der Waals surface area contributed by atoms with E-state index in [0.717, 1.165) is 31.8 Å². The summed E-state index contributed by atoms with van der Waals surface area (Å²) in [7, 11) is 2.07. The maximum Gasteiger partial charge on any atom is 0.294 e. The van der Waals surface area contributed by atoms with Crippen LogP contribution in [0.3, 0.4) is 0 Å². The van der Waals surface area contributed by atoms with Crippen molar-refractivity contribution < 1.29 is 9.92 Å². The maximum absolute atomic E-state index is 9.75. The first kappa shape index (κ1) is 9.25. The molecule has 12 heavy (non-hydrogen) atoms. The van der Waals surface area contributed by atoms with E-state index in [1.807, 2.05) is 0 Å². The van der Waals surface area contributed by atoms with Crippen LogP contribution >= 0.6 is 0 Å². The second-order valence-corrected chi connectivity index (χ2v) is 3.29. The molecule has 0 aliphatic carbocycles. The molecule has 0 aromatic rings. The SMILES string of the molecule is CN1CC(CCCO[N+](=O)[O-])C1. The van der Waals surface area contributed by atoms with Crippen molar-refractivity contribution in [1.29, 1.82) is 0 Å². The molecular weight excluding hydrogens is 160 g/mol. The molecule has 0 unspecified atom stereocenters. The summed E-state index contributed by atoms with van der Waals surface area (Å²) in [6.07, 6.45) is 1.83. The highest BCUT2D eigenvalue weighted by Crippen LogP contribution is 2.17. The molecule has 1 aliphatic heterocycles. The van der Waals surface area contributed by atoms with E-state index in [1.54, 1.807) is 0 Å². The maximum atomic E-state index is 9.75. The zero-order valence-electron chi connectivity index (χ0n) is 7.23. The average Bonchev–Trinajstić information content (AvgIpc) is 1.93. The Labute approximate surface area is 71.4 Å². The summed E-state index contributed by atoms with van der Waals surface area (Å²) >= 11 is 0. The molecule has 0 saturated carbocycles. The van der Waals surface area contributed by atoms with E-state index in [2.05, 4.69) is 16.8 Å². The normalized spacial score (nSPS) is 18.8. The minimum absolute atomic E-state index is 0.243. The predicted molar refractivity (Wildman–Crippen MR) is 43.2 cm³/mol. The number of likely N-dealkylation sites (tertiary alicyclic amines) is 1. The molecule has 0 aromatic carbocycles. The van der Waals surface area contributed by atoms with Gasteiger partial charge in [-0.2, -0.15) is 0 Å². The quantitative estimate of drug-likeness (QED) is 0.346. The van der Waals surface area contributed by atoms with Gasteiger partial charge in [0.05, 0.1) is 6.61 Å². The van der Waals surface area contributed by atoms with Crippen LogP contribution in [0.15, 0.2) is 0 Å². The first-order valence-electron chi connectivity index (χ1n) is 4.14. The van der Waals surface area contributed by atoms with Crippen LogP contribution in [0.4, 0.5) is 0 Å². The first-order chi connectivity index (χ1) is 5.68. The zero-order chi connectivity index (χ0) is 8.97. The average molecular weight is 174 g/mol. The van der Waals surface area contributed by atoms with Crippen LogP contribution < -0.4 is 0 Å². The van der Waals surface area contributed by atoms with Gasteiger partial charge in [0.15, 0.2) is 0 Å². The first-order valence-corrected chi connectivity index (χ1v) is 4.14. The van der Waals surface area contributed by atoms with Crippen molar-refractivity contribution in [1.82, 2.24) is 4.90 Å². The summed E-state index contributed by atoms with van der Waals surface area (Å²) < 4.78 is 0. The van der Waals surface area contributed by atoms with Crippen LogP contribution in [0.5, 0.6) is 0 Å². The van der Waals surface area contributed by atoms with Crippen LogP contribution in [0.2, 0.25) is 0 Å². The molecule has 1 rings (SSSR count). The van der Waals surface area contributed by atoms with E-state index in [0.29, 0.717) is 0 Å². The van der Waals surface area contributed by atoms with Gasteiger partial charge in [0.2, 0.25) is 0 Å². The van der Waals surface area contributed by atoms with E-state index >= 15 is 0 Å². The summed E-state index contributed by atoms with van der Waals surface area (Å²) in [6, 6.07) is 0. The van der Waals surface area contributed by atoms with Crippen molar-refractivity contribution in [2.75, 3.05) is 26.7 Å². The molecule has 1 fully saturated rings. The highest BCUT2D eigenvalue weighted by atomic mass is 16.9. The van der Waals surface area contributed by atoms with E-state index in [1.165, 1.54) is 0 Å². The Bertz CT molecular complexity index is 157. The number of rotatable bonds is 5. The minimum Gasteiger partial charge on any atom is -0.314 e. The molecule has 5 heteroatoms. The highest BCUT2D eigenvalue weighted by molar-refractivity contribution is 4.76. The monoisotopic (exact) mass is 174 g/mol. The molecule has 1 heterocycles. The van der Waals surface area contributed by atoms with Crippen LogP contribution in [0.1, 0.15) is 12.8 Å². The summed E-state index contributed by atoms with van der Waals surface area (Å²) in [5, 5.41) is 9.03. The number of hydrogen-bond donors (Lipinski definition) is 0. The Morgan fingerprint density at radius 3 is 2.83 bits per heavy atom. The van der Waals surface area contributed by atoms with Gasteiger partial charge in [-0.15, -0.1) is 10.1 Å². The van der Waals surface area contributed by atoms with Gasteiger partial charge in [0, 0.05) is 13.1 Å². The molecule has 0 N–H and O–H groups in total. The van der Waals surface area contributed by atoms with Gasteiger partial charge < -0.3 is 9.74 Å².